The first kappa shape index (κ1) is 17.5. The lowest BCUT2D eigenvalue weighted by atomic mass is 10.2. The molecule has 0 saturated heterocycles. The molecule has 1 rings (SSSR count). The van der Waals surface area contributed by atoms with Gasteiger partial charge >= 0.3 is 0 Å². The van der Waals surface area contributed by atoms with Crippen molar-refractivity contribution in [1.29, 1.82) is 0 Å². The van der Waals surface area contributed by atoms with Crippen LogP contribution in [0.3, 0.4) is 0 Å². The number of hydrogen-bond donors (Lipinski definition) is 1. The van der Waals surface area contributed by atoms with Crippen molar-refractivity contribution in [3.63, 3.8) is 0 Å². The summed E-state index contributed by atoms with van der Waals surface area (Å²) in [6.07, 6.45) is 0.477. The van der Waals surface area contributed by atoms with Gasteiger partial charge in [-0.3, -0.25) is 4.79 Å². The van der Waals surface area contributed by atoms with Crippen molar-refractivity contribution in [2.45, 2.75) is 13.0 Å². The number of halogens is 3. The van der Waals surface area contributed by atoms with Gasteiger partial charge < -0.3 is 10.2 Å². The van der Waals surface area contributed by atoms with Crippen molar-refractivity contribution in [1.82, 2.24) is 10.2 Å². The van der Waals surface area contributed by atoms with E-state index in [1.54, 1.807) is 18.0 Å². The maximum Gasteiger partial charge on any atom is 0.223 e. The third-order valence-corrected chi connectivity index (χ3v) is 3.31. The van der Waals surface area contributed by atoms with E-state index >= 15 is 0 Å². The Kier molecular flexibility index (Phi) is 8.36. The van der Waals surface area contributed by atoms with E-state index in [2.05, 4.69) is 5.32 Å². The first-order valence-electron chi connectivity index (χ1n) is 5.37. The second kappa shape index (κ2) is 8.59. The molecule has 0 spiro atoms. The molecule has 1 amide bonds. The third-order valence-electron chi connectivity index (χ3n) is 2.45. The summed E-state index contributed by atoms with van der Waals surface area (Å²) in [4.78, 5) is 13.4. The topological polar surface area (TPSA) is 32.3 Å². The number of carbonyl (C=O) groups is 1. The zero-order valence-corrected chi connectivity index (χ0v) is 12.7. The summed E-state index contributed by atoms with van der Waals surface area (Å²) in [7, 11) is 3.58. The first-order chi connectivity index (χ1) is 8.06. The number of benzene rings is 1. The van der Waals surface area contributed by atoms with Gasteiger partial charge in [0.1, 0.15) is 0 Å². The average molecular weight is 312 g/mol. The Labute approximate surface area is 124 Å². The fourth-order valence-electron chi connectivity index (χ4n) is 1.44. The highest BCUT2D eigenvalue weighted by Crippen LogP contribution is 2.26. The molecule has 0 aliphatic carbocycles. The van der Waals surface area contributed by atoms with Crippen LogP contribution in [0, 0.1) is 0 Å². The Hall–Kier alpha value is -0.480. The molecule has 0 unspecified atom stereocenters. The highest BCUT2D eigenvalue weighted by molar-refractivity contribution is 6.42. The standard InChI is InChI=1S/C12H16Cl2N2O.ClH/c1-15-7-6-11(17)16(2)8-9-4-3-5-10(13)12(9)14;/h3-5,15H,6-8H2,1-2H3;1H. The monoisotopic (exact) mass is 310 g/mol. The fourth-order valence-corrected chi connectivity index (χ4v) is 1.82. The predicted molar refractivity (Wildman–Crippen MR) is 78.7 cm³/mol. The number of hydrogen-bond acceptors (Lipinski definition) is 2. The number of carbonyl (C=O) groups excluding carboxylic acids is 1. The van der Waals surface area contributed by atoms with E-state index in [1.807, 2.05) is 19.2 Å². The third kappa shape index (κ3) is 5.02. The van der Waals surface area contributed by atoms with Crippen LogP contribution in [0.1, 0.15) is 12.0 Å². The van der Waals surface area contributed by atoms with E-state index in [0.717, 1.165) is 5.56 Å². The molecule has 0 radical (unpaired) electrons. The maximum atomic E-state index is 11.7. The van der Waals surface area contributed by atoms with Crippen LogP contribution in [0.15, 0.2) is 18.2 Å². The molecule has 102 valence electrons. The molecule has 1 aromatic rings. The quantitative estimate of drug-likeness (QED) is 0.906. The van der Waals surface area contributed by atoms with Crippen molar-refractivity contribution in [2.24, 2.45) is 0 Å². The summed E-state index contributed by atoms with van der Waals surface area (Å²) in [6.45, 7) is 1.15. The lowest BCUT2D eigenvalue weighted by Crippen LogP contribution is -2.28. The zero-order valence-electron chi connectivity index (χ0n) is 10.4. The van der Waals surface area contributed by atoms with Crippen LogP contribution < -0.4 is 5.32 Å². The van der Waals surface area contributed by atoms with E-state index in [-0.39, 0.29) is 18.3 Å². The van der Waals surface area contributed by atoms with Crippen LogP contribution >= 0.6 is 35.6 Å². The SMILES string of the molecule is CNCCC(=O)N(C)Cc1cccc(Cl)c1Cl.Cl. The molecule has 0 atom stereocenters. The Morgan fingerprint density at radius 1 is 1.39 bits per heavy atom. The van der Waals surface area contributed by atoms with Gasteiger partial charge in [0.25, 0.3) is 0 Å². The summed E-state index contributed by atoms with van der Waals surface area (Å²) in [6, 6.07) is 5.43. The first-order valence-corrected chi connectivity index (χ1v) is 6.13. The highest BCUT2D eigenvalue weighted by Gasteiger charge is 2.11. The van der Waals surface area contributed by atoms with Gasteiger partial charge in [-0.1, -0.05) is 35.3 Å². The van der Waals surface area contributed by atoms with E-state index in [0.29, 0.717) is 29.6 Å². The minimum atomic E-state index is 0. The van der Waals surface area contributed by atoms with Gasteiger partial charge in [0.15, 0.2) is 0 Å². The molecule has 0 aliphatic rings. The average Bonchev–Trinajstić information content (AvgIpc) is 2.31. The van der Waals surface area contributed by atoms with Crippen LogP contribution in [0.4, 0.5) is 0 Å². The van der Waals surface area contributed by atoms with Crippen molar-refractivity contribution in [2.75, 3.05) is 20.6 Å². The maximum absolute atomic E-state index is 11.7. The van der Waals surface area contributed by atoms with Crippen molar-refractivity contribution < 1.29 is 4.79 Å². The van der Waals surface area contributed by atoms with Crippen LogP contribution in [0.2, 0.25) is 10.0 Å². The number of rotatable bonds is 5. The Morgan fingerprint density at radius 3 is 2.67 bits per heavy atom. The lowest BCUT2D eigenvalue weighted by Gasteiger charge is -2.18. The van der Waals surface area contributed by atoms with E-state index in [9.17, 15) is 4.79 Å². The van der Waals surface area contributed by atoms with Crippen LogP contribution in [0.25, 0.3) is 0 Å². The molecule has 0 saturated carbocycles. The highest BCUT2D eigenvalue weighted by atomic mass is 35.5. The molecule has 0 bridgehead atoms. The number of nitrogens with one attached hydrogen (secondary N) is 1. The number of amides is 1. The van der Waals surface area contributed by atoms with Crippen LogP contribution in [-0.4, -0.2) is 31.4 Å². The van der Waals surface area contributed by atoms with Gasteiger partial charge in [0, 0.05) is 26.6 Å². The van der Waals surface area contributed by atoms with Gasteiger partial charge in [-0.25, -0.2) is 0 Å². The smallest absolute Gasteiger partial charge is 0.223 e. The summed E-state index contributed by atoms with van der Waals surface area (Å²) in [5, 5.41) is 3.97. The number of nitrogens with zero attached hydrogens (tertiary/aromatic N) is 1. The fraction of sp³-hybridized carbons (Fsp3) is 0.417. The van der Waals surface area contributed by atoms with Gasteiger partial charge in [-0.15, -0.1) is 12.4 Å². The summed E-state index contributed by atoms with van der Waals surface area (Å²) in [5.41, 5.74) is 0.861. The minimum Gasteiger partial charge on any atom is -0.341 e. The second-order valence-electron chi connectivity index (χ2n) is 3.82. The molecular formula is C12H17Cl3N2O. The second-order valence-corrected chi connectivity index (χ2v) is 4.60. The summed E-state index contributed by atoms with van der Waals surface area (Å²) >= 11 is 12.0. The van der Waals surface area contributed by atoms with E-state index in [1.165, 1.54) is 0 Å². The van der Waals surface area contributed by atoms with Crippen molar-refractivity contribution in [3.05, 3.63) is 33.8 Å². The van der Waals surface area contributed by atoms with Gasteiger partial charge in [-0.2, -0.15) is 0 Å². The zero-order chi connectivity index (χ0) is 12.8. The normalized spacial score (nSPS) is 9.78. The molecule has 1 aromatic carbocycles. The van der Waals surface area contributed by atoms with Gasteiger partial charge in [0.05, 0.1) is 10.0 Å². The molecule has 18 heavy (non-hydrogen) atoms. The molecule has 1 N–H and O–H groups in total. The van der Waals surface area contributed by atoms with Crippen molar-refractivity contribution in [3.8, 4) is 0 Å². The summed E-state index contributed by atoms with van der Waals surface area (Å²) in [5.74, 6) is 0.0791. The molecule has 0 heterocycles. The van der Waals surface area contributed by atoms with E-state index < -0.39 is 0 Å². The Morgan fingerprint density at radius 2 is 2.06 bits per heavy atom. The van der Waals surface area contributed by atoms with Crippen molar-refractivity contribution >= 4 is 41.5 Å². The van der Waals surface area contributed by atoms with Gasteiger partial charge in [0.2, 0.25) is 5.91 Å². The summed E-state index contributed by atoms with van der Waals surface area (Å²) < 4.78 is 0. The molecular weight excluding hydrogens is 295 g/mol. The molecule has 0 aliphatic heterocycles. The minimum absolute atomic E-state index is 0. The van der Waals surface area contributed by atoms with Crippen LogP contribution in [-0.2, 0) is 11.3 Å². The lowest BCUT2D eigenvalue weighted by molar-refractivity contribution is -0.130. The molecule has 3 nitrogen and oxygen atoms in total. The van der Waals surface area contributed by atoms with Crippen LogP contribution in [0.5, 0.6) is 0 Å². The molecule has 0 aromatic heterocycles. The predicted octanol–water partition coefficient (Wildman–Crippen LogP) is 2.98. The Balaban J connectivity index is 0.00000289. The molecule has 0 fully saturated rings. The Bertz CT molecular complexity index is 399. The van der Waals surface area contributed by atoms with Gasteiger partial charge in [-0.05, 0) is 18.7 Å². The largest absolute Gasteiger partial charge is 0.341 e. The van der Waals surface area contributed by atoms with E-state index in [4.69, 9.17) is 23.2 Å². The molecule has 6 heteroatoms.